The molecule has 16 heavy (non-hydrogen) atoms. The quantitative estimate of drug-likeness (QED) is 0.863. The molecule has 3 unspecified atom stereocenters. The van der Waals surface area contributed by atoms with Gasteiger partial charge in [-0.1, -0.05) is 25.2 Å². The van der Waals surface area contributed by atoms with Gasteiger partial charge in [0.25, 0.3) is 0 Å². The molecule has 1 aliphatic rings. The van der Waals surface area contributed by atoms with Gasteiger partial charge in [-0.05, 0) is 25.7 Å². The van der Waals surface area contributed by atoms with Crippen molar-refractivity contribution in [1.82, 2.24) is 4.98 Å². The molecule has 0 bridgehead atoms. The summed E-state index contributed by atoms with van der Waals surface area (Å²) >= 11 is 1.63. The number of hydrogen-bond donors (Lipinski definition) is 1. The molecule has 0 aliphatic carbocycles. The maximum absolute atomic E-state index is 9.62. The Hall–Kier alpha value is -0.610. The van der Waals surface area contributed by atoms with Crippen molar-refractivity contribution >= 4 is 16.5 Å². The lowest BCUT2D eigenvalue weighted by Crippen LogP contribution is -2.19. The molecule has 0 spiro atoms. The first-order chi connectivity index (χ1) is 7.49. The van der Waals surface area contributed by atoms with E-state index in [-0.39, 0.29) is 0 Å². The summed E-state index contributed by atoms with van der Waals surface area (Å²) in [5.74, 6) is 1.47. The highest BCUT2D eigenvalue weighted by Crippen LogP contribution is 2.34. The van der Waals surface area contributed by atoms with Gasteiger partial charge in [0.2, 0.25) is 0 Å². The van der Waals surface area contributed by atoms with Crippen molar-refractivity contribution < 1.29 is 5.11 Å². The predicted octanol–water partition coefficient (Wildman–Crippen LogP) is 2.60. The summed E-state index contributed by atoms with van der Waals surface area (Å²) in [5.41, 5.74) is 0.974. The Morgan fingerprint density at radius 3 is 2.38 bits per heavy atom. The average molecular weight is 240 g/mol. The standard InChI is InChI=1S/C12H20N2OS/c1-7-5-14(6-8(7)2)12-13-9(3)11(16-12)10(4)15/h7-8,10,15H,5-6H2,1-4H3. The van der Waals surface area contributed by atoms with E-state index in [0.29, 0.717) is 0 Å². The Bertz CT molecular complexity index is 365. The average Bonchev–Trinajstić information content (AvgIpc) is 2.71. The normalized spacial score (nSPS) is 27.4. The van der Waals surface area contributed by atoms with Gasteiger partial charge in [-0.2, -0.15) is 0 Å². The van der Waals surface area contributed by atoms with Gasteiger partial charge >= 0.3 is 0 Å². The van der Waals surface area contributed by atoms with Crippen LogP contribution in [0.5, 0.6) is 0 Å². The van der Waals surface area contributed by atoms with Crippen molar-refractivity contribution in [3.05, 3.63) is 10.6 Å². The molecule has 1 aromatic heterocycles. The summed E-state index contributed by atoms with van der Waals surface area (Å²) in [6.45, 7) is 10.5. The number of aliphatic hydroxyl groups is 1. The zero-order chi connectivity index (χ0) is 11.9. The van der Waals surface area contributed by atoms with Crippen LogP contribution in [0.25, 0.3) is 0 Å². The van der Waals surface area contributed by atoms with Gasteiger partial charge in [0.05, 0.1) is 16.7 Å². The van der Waals surface area contributed by atoms with Crippen LogP contribution in [0.3, 0.4) is 0 Å². The summed E-state index contributed by atoms with van der Waals surface area (Å²) in [4.78, 5) is 7.92. The number of aliphatic hydroxyl groups excluding tert-OH is 1. The molecule has 1 fully saturated rings. The number of hydrogen-bond acceptors (Lipinski definition) is 4. The van der Waals surface area contributed by atoms with E-state index in [1.165, 1.54) is 0 Å². The van der Waals surface area contributed by atoms with Crippen LogP contribution in [0.2, 0.25) is 0 Å². The fourth-order valence-electron chi connectivity index (χ4n) is 2.20. The van der Waals surface area contributed by atoms with E-state index >= 15 is 0 Å². The Kier molecular flexibility index (Phi) is 3.22. The SMILES string of the molecule is Cc1nc(N2CC(C)C(C)C2)sc1C(C)O. The number of nitrogens with zero attached hydrogens (tertiary/aromatic N) is 2. The number of aryl methyl sites for hydroxylation is 1. The summed E-state index contributed by atoms with van der Waals surface area (Å²) < 4.78 is 0. The molecule has 3 nitrogen and oxygen atoms in total. The molecule has 1 N–H and O–H groups in total. The van der Waals surface area contributed by atoms with Gasteiger partial charge in [-0.25, -0.2) is 4.98 Å². The highest BCUT2D eigenvalue weighted by atomic mass is 32.1. The minimum atomic E-state index is -0.399. The molecule has 1 aromatic rings. The van der Waals surface area contributed by atoms with Crippen LogP contribution < -0.4 is 4.90 Å². The molecule has 90 valence electrons. The van der Waals surface area contributed by atoms with Gasteiger partial charge in [-0.15, -0.1) is 0 Å². The number of rotatable bonds is 2. The smallest absolute Gasteiger partial charge is 0.185 e. The second-order valence-electron chi connectivity index (χ2n) is 4.98. The maximum atomic E-state index is 9.62. The van der Waals surface area contributed by atoms with E-state index in [0.717, 1.165) is 40.6 Å². The van der Waals surface area contributed by atoms with E-state index < -0.39 is 6.10 Å². The van der Waals surface area contributed by atoms with Crippen LogP contribution in [-0.4, -0.2) is 23.2 Å². The molecular formula is C12H20N2OS. The van der Waals surface area contributed by atoms with E-state index in [1.54, 1.807) is 18.3 Å². The largest absolute Gasteiger partial charge is 0.388 e. The van der Waals surface area contributed by atoms with Crippen LogP contribution in [0.1, 0.15) is 37.4 Å². The van der Waals surface area contributed by atoms with Gasteiger partial charge in [-0.3, -0.25) is 0 Å². The van der Waals surface area contributed by atoms with Crippen molar-refractivity contribution in [1.29, 1.82) is 0 Å². The summed E-state index contributed by atoms with van der Waals surface area (Å²) in [6, 6.07) is 0. The molecule has 1 aliphatic heterocycles. The second-order valence-corrected chi connectivity index (χ2v) is 5.99. The highest BCUT2D eigenvalue weighted by molar-refractivity contribution is 7.15. The third-order valence-electron chi connectivity index (χ3n) is 3.46. The van der Waals surface area contributed by atoms with Gasteiger partial charge in [0.1, 0.15) is 0 Å². The molecule has 0 saturated carbocycles. The fourth-order valence-corrected chi connectivity index (χ4v) is 3.22. The third kappa shape index (κ3) is 2.09. The highest BCUT2D eigenvalue weighted by Gasteiger charge is 2.28. The van der Waals surface area contributed by atoms with Crippen molar-refractivity contribution in [2.24, 2.45) is 11.8 Å². The zero-order valence-corrected chi connectivity index (χ0v) is 11.2. The Labute approximate surface area is 101 Å². The lowest BCUT2D eigenvalue weighted by molar-refractivity contribution is 0.202. The van der Waals surface area contributed by atoms with Crippen LogP contribution in [0.4, 0.5) is 5.13 Å². The molecule has 1 saturated heterocycles. The van der Waals surface area contributed by atoms with Crippen LogP contribution >= 0.6 is 11.3 Å². The molecule has 2 heterocycles. The van der Waals surface area contributed by atoms with E-state index in [1.807, 2.05) is 6.92 Å². The first-order valence-electron chi connectivity index (χ1n) is 5.89. The van der Waals surface area contributed by atoms with Gasteiger partial charge < -0.3 is 10.0 Å². The summed E-state index contributed by atoms with van der Waals surface area (Å²) in [6.07, 6.45) is -0.399. The summed E-state index contributed by atoms with van der Waals surface area (Å²) in [7, 11) is 0. The van der Waals surface area contributed by atoms with Crippen molar-refractivity contribution in [2.75, 3.05) is 18.0 Å². The minimum absolute atomic E-state index is 0.399. The monoisotopic (exact) mass is 240 g/mol. The van der Waals surface area contributed by atoms with Crippen LogP contribution in [-0.2, 0) is 0 Å². The van der Waals surface area contributed by atoms with Gasteiger partial charge in [0.15, 0.2) is 5.13 Å². The Morgan fingerprint density at radius 1 is 1.38 bits per heavy atom. The van der Waals surface area contributed by atoms with Crippen LogP contribution in [0.15, 0.2) is 0 Å². The molecular weight excluding hydrogens is 220 g/mol. The van der Waals surface area contributed by atoms with Crippen molar-refractivity contribution in [3.8, 4) is 0 Å². The lowest BCUT2D eigenvalue weighted by Gasteiger charge is -2.13. The molecule has 4 heteroatoms. The van der Waals surface area contributed by atoms with E-state index in [9.17, 15) is 5.11 Å². The first kappa shape index (κ1) is 11.9. The minimum Gasteiger partial charge on any atom is -0.388 e. The topological polar surface area (TPSA) is 36.4 Å². The zero-order valence-electron chi connectivity index (χ0n) is 10.4. The predicted molar refractivity (Wildman–Crippen MR) is 68.0 cm³/mol. The molecule has 0 radical (unpaired) electrons. The maximum Gasteiger partial charge on any atom is 0.185 e. The lowest BCUT2D eigenvalue weighted by atomic mass is 10.0. The molecule has 0 aromatic carbocycles. The molecule has 3 atom stereocenters. The third-order valence-corrected chi connectivity index (χ3v) is 4.85. The van der Waals surface area contributed by atoms with Gasteiger partial charge in [0, 0.05) is 13.1 Å². The number of anilines is 1. The number of aromatic nitrogens is 1. The fraction of sp³-hybridized carbons (Fsp3) is 0.750. The van der Waals surface area contributed by atoms with Crippen molar-refractivity contribution in [2.45, 2.75) is 33.8 Å². The number of thiazole rings is 1. The molecule has 2 rings (SSSR count). The van der Waals surface area contributed by atoms with Crippen molar-refractivity contribution in [3.63, 3.8) is 0 Å². The van der Waals surface area contributed by atoms with E-state index in [2.05, 4.69) is 23.7 Å². The van der Waals surface area contributed by atoms with E-state index in [4.69, 9.17) is 0 Å². The summed E-state index contributed by atoms with van der Waals surface area (Å²) in [5, 5.41) is 10.7. The Morgan fingerprint density at radius 2 is 1.94 bits per heavy atom. The molecule has 0 amide bonds. The Balaban J connectivity index is 2.19. The first-order valence-corrected chi connectivity index (χ1v) is 6.71. The second kappa shape index (κ2) is 4.34. The van der Waals surface area contributed by atoms with Crippen LogP contribution in [0, 0.1) is 18.8 Å².